The lowest BCUT2D eigenvalue weighted by Crippen LogP contribution is -2.31. The first-order chi connectivity index (χ1) is 17.5. The Hall–Kier alpha value is -4.80. The highest BCUT2D eigenvalue weighted by atomic mass is 16.3. The molecule has 178 valence electrons. The van der Waals surface area contributed by atoms with Gasteiger partial charge < -0.3 is 15.7 Å². The number of hydrogen-bond donors (Lipinski definition) is 3. The Morgan fingerprint density at radius 3 is 2.64 bits per heavy atom. The van der Waals surface area contributed by atoms with Crippen molar-refractivity contribution in [3.63, 3.8) is 0 Å². The van der Waals surface area contributed by atoms with Gasteiger partial charge in [0.15, 0.2) is 0 Å². The molecule has 0 radical (unpaired) electrons. The summed E-state index contributed by atoms with van der Waals surface area (Å²) in [7, 11) is 0. The summed E-state index contributed by atoms with van der Waals surface area (Å²) in [5, 5.41) is 38.8. The van der Waals surface area contributed by atoms with Crippen LogP contribution in [-0.2, 0) is 0 Å². The smallest absolute Gasteiger partial charge is 0.260 e. The van der Waals surface area contributed by atoms with E-state index < -0.39 is 5.91 Å². The van der Waals surface area contributed by atoms with E-state index in [1.165, 1.54) is 18.6 Å². The molecule has 1 aliphatic rings. The van der Waals surface area contributed by atoms with Crippen LogP contribution in [0.1, 0.15) is 47.2 Å². The third kappa shape index (κ3) is 4.71. The van der Waals surface area contributed by atoms with Gasteiger partial charge >= 0.3 is 0 Å². The molecule has 10 nitrogen and oxygen atoms in total. The van der Waals surface area contributed by atoms with E-state index in [9.17, 15) is 9.90 Å². The third-order valence-corrected chi connectivity index (χ3v) is 6.18. The van der Waals surface area contributed by atoms with Gasteiger partial charge in [-0.1, -0.05) is 0 Å². The molecule has 1 amide bonds. The third-order valence-electron chi connectivity index (χ3n) is 6.18. The van der Waals surface area contributed by atoms with Crippen LogP contribution in [0.5, 0.6) is 0 Å². The summed E-state index contributed by atoms with van der Waals surface area (Å²) < 4.78 is 1.69. The molecule has 10 heteroatoms. The van der Waals surface area contributed by atoms with Gasteiger partial charge in [0, 0.05) is 18.4 Å². The van der Waals surface area contributed by atoms with Crippen LogP contribution >= 0.6 is 0 Å². The Labute approximate surface area is 206 Å². The molecule has 0 bridgehead atoms. The topological polar surface area (TPSA) is 152 Å². The molecule has 4 heterocycles. The fourth-order valence-electron chi connectivity index (χ4n) is 4.38. The number of nitrogens with one attached hydrogen (secondary N) is 2. The highest BCUT2D eigenvalue weighted by Crippen LogP contribution is 2.29. The molecule has 1 aliphatic carbocycles. The summed E-state index contributed by atoms with van der Waals surface area (Å²) in [4.78, 5) is 21.8. The molecule has 36 heavy (non-hydrogen) atoms. The molecule has 4 aromatic heterocycles. The number of carbonyl (C=O) groups is 1. The number of nitrogens with zero attached hydrogens (tertiary/aromatic N) is 6. The predicted octanol–water partition coefficient (Wildman–Crippen LogP) is 3.50. The Balaban J connectivity index is 1.50. The van der Waals surface area contributed by atoms with Gasteiger partial charge in [0.2, 0.25) is 0 Å². The number of nitriles is 2. The van der Waals surface area contributed by atoms with Gasteiger partial charge in [0.05, 0.1) is 51.6 Å². The first-order valence-corrected chi connectivity index (χ1v) is 11.5. The fraction of sp³-hybridized carbons (Fsp3) is 0.231. The maximum atomic E-state index is 13.2. The molecular weight excluding hydrogens is 456 g/mol. The van der Waals surface area contributed by atoms with Gasteiger partial charge in [0.25, 0.3) is 5.91 Å². The molecule has 0 spiro atoms. The normalized spacial score (nSPS) is 17.2. The molecule has 1 fully saturated rings. The number of pyridine rings is 2. The van der Waals surface area contributed by atoms with E-state index in [0.717, 1.165) is 24.8 Å². The van der Waals surface area contributed by atoms with Crippen molar-refractivity contribution < 1.29 is 9.90 Å². The number of aromatic nitrogens is 4. The van der Waals surface area contributed by atoms with Crippen LogP contribution in [0.25, 0.3) is 16.9 Å². The van der Waals surface area contributed by atoms with Crippen LogP contribution in [-0.4, -0.2) is 42.7 Å². The first-order valence-electron chi connectivity index (χ1n) is 11.5. The van der Waals surface area contributed by atoms with Gasteiger partial charge in [0.1, 0.15) is 18.0 Å². The zero-order valence-corrected chi connectivity index (χ0v) is 19.2. The lowest BCUT2D eigenvalue weighted by atomic mass is 9.92. The SMILES string of the molecule is N#Cc1ccc(NC(=O)c2cnc(-c3ccc4cc(C#N)cnn34)cc2N[C@H]2CCC[C@@H](O)C2)nc1. The predicted molar refractivity (Wildman–Crippen MR) is 132 cm³/mol. The number of aliphatic hydroxyl groups excluding tert-OH is 1. The molecule has 5 rings (SSSR count). The van der Waals surface area contributed by atoms with Crippen LogP contribution in [0.15, 0.2) is 55.0 Å². The van der Waals surface area contributed by atoms with Crippen molar-refractivity contribution in [3.05, 3.63) is 71.7 Å². The van der Waals surface area contributed by atoms with Gasteiger partial charge in [-0.15, -0.1) is 0 Å². The summed E-state index contributed by atoms with van der Waals surface area (Å²) in [6.45, 7) is 0. The van der Waals surface area contributed by atoms with Crippen molar-refractivity contribution in [2.75, 3.05) is 10.6 Å². The highest BCUT2D eigenvalue weighted by molar-refractivity contribution is 6.07. The summed E-state index contributed by atoms with van der Waals surface area (Å²) in [6, 6.07) is 14.5. The van der Waals surface area contributed by atoms with Gasteiger partial charge in [-0.05, 0) is 62.1 Å². The van der Waals surface area contributed by atoms with Crippen molar-refractivity contribution >= 4 is 22.9 Å². The average molecular weight is 479 g/mol. The summed E-state index contributed by atoms with van der Waals surface area (Å²) in [5.41, 5.74) is 3.82. The molecule has 2 atom stereocenters. The minimum absolute atomic E-state index is 0.00367. The van der Waals surface area contributed by atoms with Crippen molar-refractivity contribution in [2.45, 2.75) is 37.8 Å². The monoisotopic (exact) mass is 478 g/mol. The van der Waals surface area contributed by atoms with Crippen LogP contribution in [0.2, 0.25) is 0 Å². The fourth-order valence-corrected chi connectivity index (χ4v) is 4.38. The van der Waals surface area contributed by atoms with E-state index in [-0.39, 0.29) is 12.1 Å². The number of carbonyl (C=O) groups excluding carboxylic acids is 1. The second-order valence-electron chi connectivity index (χ2n) is 8.69. The Morgan fingerprint density at radius 1 is 1.03 bits per heavy atom. The highest BCUT2D eigenvalue weighted by Gasteiger charge is 2.23. The number of rotatable bonds is 5. The van der Waals surface area contributed by atoms with Crippen molar-refractivity contribution in [3.8, 4) is 23.5 Å². The molecule has 0 unspecified atom stereocenters. The van der Waals surface area contributed by atoms with Gasteiger partial charge in [-0.25, -0.2) is 9.50 Å². The van der Waals surface area contributed by atoms with Gasteiger partial charge in [-0.2, -0.15) is 15.6 Å². The molecule has 0 aliphatic heterocycles. The van der Waals surface area contributed by atoms with Crippen molar-refractivity contribution in [1.82, 2.24) is 19.6 Å². The van der Waals surface area contributed by atoms with E-state index in [2.05, 4.69) is 31.8 Å². The van der Waals surface area contributed by atoms with E-state index in [1.54, 1.807) is 28.8 Å². The zero-order chi connectivity index (χ0) is 25.1. The first kappa shape index (κ1) is 23.0. The summed E-state index contributed by atoms with van der Waals surface area (Å²) >= 11 is 0. The lowest BCUT2D eigenvalue weighted by Gasteiger charge is -2.28. The average Bonchev–Trinajstić information content (AvgIpc) is 3.32. The Kier molecular flexibility index (Phi) is 6.27. The number of aliphatic hydroxyl groups is 1. The van der Waals surface area contributed by atoms with Crippen LogP contribution in [0, 0.1) is 22.7 Å². The van der Waals surface area contributed by atoms with Crippen molar-refractivity contribution in [1.29, 1.82) is 10.5 Å². The standard InChI is InChI=1S/C26H22N8O2/c27-11-16-4-7-25(30-13-16)33-26(36)21-15-29-23(10-22(21)32-18-2-1-3-20(35)9-18)24-6-5-19-8-17(12-28)14-31-34(19)24/h4-8,10,13-15,18,20,35H,1-3,9H2,(H,29,32)(H,30,33,36)/t18-,20+/m0/s1. The van der Waals surface area contributed by atoms with E-state index in [0.29, 0.717) is 46.0 Å². The second kappa shape index (κ2) is 9.82. The molecule has 3 N–H and O–H groups in total. The number of amides is 1. The maximum absolute atomic E-state index is 13.2. The Bertz CT molecular complexity index is 1510. The number of hydrogen-bond acceptors (Lipinski definition) is 8. The minimum Gasteiger partial charge on any atom is -0.393 e. The second-order valence-corrected chi connectivity index (χ2v) is 8.69. The van der Waals surface area contributed by atoms with E-state index in [4.69, 9.17) is 10.5 Å². The summed E-state index contributed by atoms with van der Waals surface area (Å²) in [6.07, 6.45) is 7.12. The molecular formula is C26H22N8O2. The van der Waals surface area contributed by atoms with Crippen LogP contribution < -0.4 is 10.6 Å². The number of anilines is 2. The summed E-state index contributed by atoms with van der Waals surface area (Å²) in [5.74, 6) is -0.0842. The van der Waals surface area contributed by atoms with Crippen molar-refractivity contribution in [2.24, 2.45) is 0 Å². The quantitative estimate of drug-likeness (QED) is 0.394. The number of fused-ring (bicyclic) bond motifs is 1. The van der Waals surface area contributed by atoms with E-state index >= 15 is 0 Å². The van der Waals surface area contributed by atoms with Gasteiger partial charge in [-0.3, -0.25) is 9.78 Å². The molecule has 4 aromatic rings. The lowest BCUT2D eigenvalue weighted by molar-refractivity contribution is 0.102. The molecule has 0 saturated heterocycles. The largest absolute Gasteiger partial charge is 0.393 e. The molecule has 1 saturated carbocycles. The maximum Gasteiger partial charge on any atom is 0.260 e. The molecule has 0 aromatic carbocycles. The van der Waals surface area contributed by atoms with E-state index in [1.807, 2.05) is 18.2 Å². The van der Waals surface area contributed by atoms with Crippen LogP contribution in [0.4, 0.5) is 11.5 Å². The Morgan fingerprint density at radius 2 is 1.89 bits per heavy atom. The van der Waals surface area contributed by atoms with Crippen LogP contribution in [0.3, 0.4) is 0 Å². The zero-order valence-electron chi connectivity index (χ0n) is 19.2. The minimum atomic E-state index is -0.401.